The zero-order valence-electron chi connectivity index (χ0n) is 20.9. The standard InChI is InChI=1S/C26H42N4O4/c1-4-5-6-10-14-28-24(32)13-15-27-22(18-20(2)3)26(34)30-23(25(33)29-16-17-31)19-21-11-8-7-9-12-21/h7-9,11-12,17,20,22-23,27H,4-6,10,13-16,18-19H2,1-3H3,(H,28,32)(H,29,33)(H,30,34)/t22-,23-/m0/s1. The molecule has 1 aromatic carbocycles. The molecule has 4 N–H and O–H groups in total. The fourth-order valence-corrected chi connectivity index (χ4v) is 3.58. The average molecular weight is 475 g/mol. The topological polar surface area (TPSA) is 116 Å². The summed E-state index contributed by atoms with van der Waals surface area (Å²) in [7, 11) is 0. The lowest BCUT2D eigenvalue weighted by Gasteiger charge is -2.24. The van der Waals surface area contributed by atoms with Crippen LogP contribution in [-0.4, -0.2) is 55.7 Å². The van der Waals surface area contributed by atoms with Crippen molar-refractivity contribution in [1.82, 2.24) is 21.3 Å². The van der Waals surface area contributed by atoms with Crippen molar-refractivity contribution in [3.8, 4) is 0 Å². The molecule has 2 atom stereocenters. The Morgan fingerprint density at radius 2 is 1.65 bits per heavy atom. The van der Waals surface area contributed by atoms with Crippen molar-refractivity contribution in [2.24, 2.45) is 5.92 Å². The van der Waals surface area contributed by atoms with Gasteiger partial charge in [-0.15, -0.1) is 0 Å². The van der Waals surface area contributed by atoms with Crippen LogP contribution < -0.4 is 21.3 Å². The molecule has 0 spiro atoms. The summed E-state index contributed by atoms with van der Waals surface area (Å²) < 4.78 is 0. The van der Waals surface area contributed by atoms with Crippen molar-refractivity contribution in [2.45, 2.75) is 77.8 Å². The van der Waals surface area contributed by atoms with Crippen LogP contribution in [0.3, 0.4) is 0 Å². The minimum absolute atomic E-state index is 0.0390. The molecule has 0 saturated heterocycles. The van der Waals surface area contributed by atoms with Crippen molar-refractivity contribution < 1.29 is 19.2 Å². The minimum atomic E-state index is -0.808. The molecule has 1 rings (SSSR count). The van der Waals surface area contributed by atoms with Gasteiger partial charge in [0.2, 0.25) is 17.7 Å². The van der Waals surface area contributed by atoms with E-state index in [1.54, 1.807) is 0 Å². The summed E-state index contributed by atoms with van der Waals surface area (Å²) in [5, 5.41) is 11.5. The zero-order chi connectivity index (χ0) is 25.2. The van der Waals surface area contributed by atoms with E-state index in [0.29, 0.717) is 32.2 Å². The summed E-state index contributed by atoms with van der Waals surface area (Å²) >= 11 is 0. The van der Waals surface area contributed by atoms with Crippen LogP contribution in [-0.2, 0) is 25.6 Å². The smallest absolute Gasteiger partial charge is 0.243 e. The van der Waals surface area contributed by atoms with Crippen LogP contribution in [0.4, 0.5) is 0 Å². The van der Waals surface area contributed by atoms with Gasteiger partial charge in [-0.1, -0.05) is 70.4 Å². The second kappa shape index (κ2) is 17.7. The lowest BCUT2D eigenvalue weighted by atomic mass is 10.0. The van der Waals surface area contributed by atoms with Gasteiger partial charge < -0.3 is 26.1 Å². The van der Waals surface area contributed by atoms with Gasteiger partial charge in [-0.25, -0.2) is 0 Å². The Morgan fingerprint density at radius 1 is 0.912 bits per heavy atom. The molecule has 8 nitrogen and oxygen atoms in total. The summed E-state index contributed by atoms with van der Waals surface area (Å²) in [5.41, 5.74) is 0.901. The summed E-state index contributed by atoms with van der Waals surface area (Å²) in [6.07, 6.45) is 6.17. The summed E-state index contributed by atoms with van der Waals surface area (Å²) in [6.45, 7) is 7.11. The second-order valence-corrected chi connectivity index (χ2v) is 8.96. The van der Waals surface area contributed by atoms with Crippen molar-refractivity contribution in [2.75, 3.05) is 19.6 Å². The largest absolute Gasteiger partial charge is 0.356 e. The molecule has 0 aliphatic carbocycles. The molecule has 0 fully saturated rings. The van der Waals surface area contributed by atoms with Crippen LogP contribution in [0.25, 0.3) is 0 Å². The molecule has 34 heavy (non-hydrogen) atoms. The number of hydrogen-bond acceptors (Lipinski definition) is 5. The third-order valence-electron chi connectivity index (χ3n) is 5.39. The number of aldehydes is 1. The van der Waals surface area contributed by atoms with E-state index >= 15 is 0 Å². The Balaban J connectivity index is 2.67. The normalized spacial score (nSPS) is 12.6. The number of amides is 3. The Hall–Kier alpha value is -2.74. The van der Waals surface area contributed by atoms with E-state index in [0.717, 1.165) is 24.8 Å². The molecule has 1 aromatic rings. The molecule has 0 heterocycles. The molecular weight excluding hydrogens is 432 g/mol. The monoisotopic (exact) mass is 474 g/mol. The van der Waals surface area contributed by atoms with Crippen LogP contribution in [0.2, 0.25) is 0 Å². The maximum Gasteiger partial charge on any atom is 0.243 e. The highest BCUT2D eigenvalue weighted by molar-refractivity contribution is 5.90. The molecule has 0 aliphatic heterocycles. The zero-order valence-corrected chi connectivity index (χ0v) is 20.9. The van der Waals surface area contributed by atoms with Gasteiger partial charge >= 0.3 is 0 Å². The average Bonchev–Trinajstić information content (AvgIpc) is 2.81. The molecule has 0 unspecified atom stereocenters. The van der Waals surface area contributed by atoms with Crippen LogP contribution in [0.5, 0.6) is 0 Å². The first-order valence-corrected chi connectivity index (χ1v) is 12.4. The van der Waals surface area contributed by atoms with Crippen LogP contribution in [0.15, 0.2) is 30.3 Å². The third kappa shape index (κ3) is 13.1. The van der Waals surface area contributed by atoms with Gasteiger partial charge in [0.25, 0.3) is 0 Å². The first-order valence-electron chi connectivity index (χ1n) is 12.4. The van der Waals surface area contributed by atoms with E-state index in [1.165, 1.54) is 6.42 Å². The predicted octanol–water partition coefficient (Wildman–Crippen LogP) is 2.12. The van der Waals surface area contributed by atoms with Gasteiger partial charge in [0, 0.05) is 25.9 Å². The van der Waals surface area contributed by atoms with Gasteiger partial charge in [0.15, 0.2) is 0 Å². The quantitative estimate of drug-likeness (QED) is 0.192. The minimum Gasteiger partial charge on any atom is -0.356 e. The fraction of sp³-hybridized carbons (Fsp3) is 0.615. The van der Waals surface area contributed by atoms with Gasteiger partial charge in [0.05, 0.1) is 12.6 Å². The highest BCUT2D eigenvalue weighted by atomic mass is 16.2. The summed E-state index contributed by atoms with van der Waals surface area (Å²) in [6, 6.07) is 8.05. The Labute approximate surface area is 204 Å². The van der Waals surface area contributed by atoms with Gasteiger partial charge in [0.1, 0.15) is 12.3 Å². The fourth-order valence-electron chi connectivity index (χ4n) is 3.58. The van der Waals surface area contributed by atoms with E-state index in [2.05, 4.69) is 28.2 Å². The molecule has 0 aliphatic rings. The van der Waals surface area contributed by atoms with E-state index < -0.39 is 18.0 Å². The molecule has 3 amide bonds. The van der Waals surface area contributed by atoms with Crippen LogP contribution >= 0.6 is 0 Å². The van der Waals surface area contributed by atoms with Crippen molar-refractivity contribution in [3.63, 3.8) is 0 Å². The summed E-state index contributed by atoms with van der Waals surface area (Å²) in [5.74, 6) is -0.499. The number of hydrogen-bond donors (Lipinski definition) is 4. The van der Waals surface area contributed by atoms with Crippen molar-refractivity contribution in [1.29, 1.82) is 0 Å². The second-order valence-electron chi connectivity index (χ2n) is 8.96. The van der Waals surface area contributed by atoms with Crippen LogP contribution in [0, 0.1) is 5.92 Å². The molecule has 190 valence electrons. The number of carbonyl (C=O) groups excluding carboxylic acids is 4. The lowest BCUT2D eigenvalue weighted by molar-refractivity contribution is -0.130. The molecule has 8 heteroatoms. The summed E-state index contributed by atoms with van der Waals surface area (Å²) in [4.78, 5) is 48.4. The van der Waals surface area contributed by atoms with E-state index in [9.17, 15) is 19.2 Å². The highest BCUT2D eigenvalue weighted by Gasteiger charge is 2.26. The first kappa shape index (κ1) is 29.3. The maximum absolute atomic E-state index is 13.1. The molecule has 0 aromatic heterocycles. The Morgan fingerprint density at radius 3 is 2.29 bits per heavy atom. The Kier molecular flexibility index (Phi) is 15.2. The predicted molar refractivity (Wildman–Crippen MR) is 134 cm³/mol. The molecule has 0 saturated carbocycles. The Bertz CT molecular complexity index is 740. The molecular formula is C26H42N4O4. The lowest BCUT2D eigenvalue weighted by Crippen LogP contribution is -2.54. The van der Waals surface area contributed by atoms with Crippen molar-refractivity contribution >= 4 is 24.0 Å². The number of unbranched alkanes of at least 4 members (excludes halogenated alkanes) is 3. The number of benzene rings is 1. The van der Waals surface area contributed by atoms with E-state index in [4.69, 9.17) is 0 Å². The molecule has 0 radical (unpaired) electrons. The van der Waals surface area contributed by atoms with Gasteiger partial charge in [-0.3, -0.25) is 14.4 Å². The number of carbonyl (C=O) groups is 4. The SMILES string of the molecule is CCCCCCNC(=O)CCN[C@@H](CC(C)C)C(=O)N[C@@H](Cc1ccccc1)C(=O)NCC=O. The first-order chi connectivity index (χ1) is 16.4. The van der Waals surface area contributed by atoms with E-state index in [1.807, 2.05) is 44.2 Å². The highest BCUT2D eigenvalue weighted by Crippen LogP contribution is 2.08. The van der Waals surface area contributed by atoms with E-state index in [-0.39, 0.29) is 30.7 Å². The van der Waals surface area contributed by atoms with Crippen molar-refractivity contribution in [3.05, 3.63) is 35.9 Å². The maximum atomic E-state index is 13.1. The van der Waals surface area contributed by atoms with Gasteiger partial charge in [-0.05, 0) is 24.3 Å². The van der Waals surface area contributed by atoms with Crippen LogP contribution in [0.1, 0.15) is 64.9 Å². The third-order valence-corrected chi connectivity index (χ3v) is 5.39. The van der Waals surface area contributed by atoms with Gasteiger partial charge in [-0.2, -0.15) is 0 Å². The number of nitrogens with one attached hydrogen (secondary N) is 4. The number of rotatable bonds is 18. The molecule has 0 bridgehead atoms.